The van der Waals surface area contributed by atoms with Crippen LogP contribution in [0, 0.1) is 5.41 Å². The minimum absolute atomic E-state index is 0.0287. The summed E-state index contributed by atoms with van der Waals surface area (Å²) in [7, 11) is 8.12. The topological polar surface area (TPSA) is 38.8 Å². The van der Waals surface area contributed by atoms with Crippen LogP contribution in [0.1, 0.15) is 26.7 Å². The Morgan fingerprint density at radius 3 is 2.50 bits per heavy atom. The lowest BCUT2D eigenvalue weighted by atomic mass is 9.87. The fourth-order valence-corrected chi connectivity index (χ4v) is 2.67. The van der Waals surface area contributed by atoms with E-state index in [1.54, 1.807) is 0 Å². The van der Waals surface area contributed by atoms with Gasteiger partial charge in [-0.2, -0.15) is 0 Å². The summed E-state index contributed by atoms with van der Waals surface area (Å²) in [6.07, 6.45) is 2.02. The number of carbonyl (C=O) groups excluding carboxylic acids is 1. The average molecular weight is 284 g/mol. The third-order valence-electron chi connectivity index (χ3n) is 4.03. The van der Waals surface area contributed by atoms with Gasteiger partial charge in [-0.05, 0) is 46.4 Å². The van der Waals surface area contributed by atoms with E-state index >= 15 is 0 Å². The molecule has 0 spiro atoms. The van der Waals surface area contributed by atoms with Crippen molar-refractivity contribution in [3.05, 3.63) is 0 Å². The summed E-state index contributed by atoms with van der Waals surface area (Å²) in [6, 6.07) is -0.0287. The highest BCUT2D eigenvalue weighted by Crippen LogP contribution is 2.28. The van der Waals surface area contributed by atoms with Gasteiger partial charge >= 0.3 is 0 Å². The molecule has 1 saturated heterocycles. The van der Waals surface area contributed by atoms with Gasteiger partial charge in [-0.25, -0.2) is 0 Å². The first-order valence-corrected chi connectivity index (χ1v) is 7.54. The van der Waals surface area contributed by atoms with Crippen LogP contribution in [0.15, 0.2) is 0 Å². The number of carbonyl (C=O) groups is 1. The largest absolute Gasteiger partial charge is 0.328 e. The molecule has 0 aliphatic carbocycles. The highest BCUT2D eigenvalue weighted by atomic mass is 16.2. The Balaban J connectivity index is 2.65. The lowest BCUT2D eigenvalue weighted by Gasteiger charge is -2.33. The smallest absolute Gasteiger partial charge is 0.240 e. The fourth-order valence-electron chi connectivity index (χ4n) is 2.67. The predicted octanol–water partition coefficient (Wildman–Crippen LogP) is 0.674. The molecule has 1 unspecified atom stereocenters. The van der Waals surface area contributed by atoms with Gasteiger partial charge in [0.2, 0.25) is 5.91 Å². The molecular formula is C15H32N4O. The summed E-state index contributed by atoms with van der Waals surface area (Å²) >= 11 is 0. The summed E-state index contributed by atoms with van der Waals surface area (Å²) in [6.45, 7) is 8.06. The van der Waals surface area contributed by atoms with Crippen molar-refractivity contribution in [2.24, 2.45) is 5.41 Å². The molecular weight excluding hydrogens is 252 g/mol. The molecule has 5 heteroatoms. The van der Waals surface area contributed by atoms with Gasteiger partial charge in [-0.1, -0.05) is 13.8 Å². The maximum absolute atomic E-state index is 12.6. The van der Waals surface area contributed by atoms with Crippen LogP contribution in [0.25, 0.3) is 0 Å². The summed E-state index contributed by atoms with van der Waals surface area (Å²) < 4.78 is 0. The van der Waals surface area contributed by atoms with Crippen molar-refractivity contribution in [3.63, 3.8) is 0 Å². The van der Waals surface area contributed by atoms with E-state index in [2.05, 4.69) is 50.1 Å². The average Bonchev–Trinajstić information content (AvgIpc) is 2.45. The molecule has 1 rings (SSSR count). The van der Waals surface area contributed by atoms with Gasteiger partial charge in [0, 0.05) is 19.6 Å². The van der Waals surface area contributed by atoms with E-state index in [-0.39, 0.29) is 17.4 Å². The molecule has 0 aromatic rings. The van der Waals surface area contributed by atoms with E-state index in [0.29, 0.717) is 6.67 Å². The van der Waals surface area contributed by atoms with E-state index < -0.39 is 0 Å². The molecule has 1 N–H and O–H groups in total. The molecule has 1 fully saturated rings. The van der Waals surface area contributed by atoms with Crippen molar-refractivity contribution < 1.29 is 4.79 Å². The van der Waals surface area contributed by atoms with Crippen LogP contribution in [0.2, 0.25) is 0 Å². The first kappa shape index (κ1) is 17.4. The van der Waals surface area contributed by atoms with Crippen LogP contribution in [-0.4, -0.2) is 81.1 Å². The molecule has 1 aliphatic heterocycles. The number of nitrogens with zero attached hydrogens (tertiary/aromatic N) is 3. The zero-order chi connectivity index (χ0) is 15.3. The first-order valence-electron chi connectivity index (χ1n) is 7.54. The summed E-state index contributed by atoms with van der Waals surface area (Å²) in [5, 5.41) is 3.17. The molecule has 1 atom stereocenters. The fraction of sp³-hybridized carbons (Fsp3) is 0.933. The zero-order valence-corrected chi connectivity index (χ0v) is 14.1. The number of likely N-dealkylation sites (tertiary alicyclic amines) is 1. The Bertz CT molecular complexity index is 317. The molecule has 118 valence electrons. The number of hydrogen-bond acceptors (Lipinski definition) is 4. The van der Waals surface area contributed by atoms with Crippen LogP contribution in [-0.2, 0) is 4.79 Å². The zero-order valence-electron chi connectivity index (χ0n) is 14.1. The van der Waals surface area contributed by atoms with E-state index in [1.165, 1.54) is 0 Å². The van der Waals surface area contributed by atoms with Crippen molar-refractivity contribution in [1.29, 1.82) is 0 Å². The number of likely N-dealkylation sites (N-methyl/N-ethyl adjacent to an activating group) is 3. The molecule has 0 radical (unpaired) electrons. The molecule has 1 amide bonds. The van der Waals surface area contributed by atoms with Crippen molar-refractivity contribution in [2.45, 2.75) is 32.7 Å². The van der Waals surface area contributed by atoms with Crippen LogP contribution >= 0.6 is 0 Å². The van der Waals surface area contributed by atoms with Gasteiger partial charge in [0.05, 0.1) is 12.7 Å². The number of nitrogens with one attached hydrogen (secondary N) is 1. The second-order valence-electron chi connectivity index (χ2n) is 7.10. The quantitative estimate of drug-likeness (QED) is 0.778. The highest BCUT2D eigenvalue weighted by molar-refractivity contribution is 5.82. The summed E-state index contributed by atoms with van der Waals surface area (Å²) in [5.74, 6) is 0.245. The Kier molecular flexibility index (Phi) is 6.43. The summed E-state index contributed by atoms with van der Waals surface area (Å²) in [5.41, 5.74) is 0.198. The monoisotopic (exact) mass is 284 g/mol. The molecule has 0 bridgehead atoms. The third kappa shape index (κ3) is 5.38. The normalized spacial score (nSPS) is 23.5. The van der Waals surface area contributed by atoms with Crippen molar-refractivity contribution >= 4 is 5.91 Å². The predicted molar refractivity (Wildman–Crippen MR) is 83.6 cm³/mol. The van der Waals surface area contributed by atoms with E-state index in [0.717, 1.165) is 32.5 Å². The van der Waals surface area contributed by atoms with Gasteiger partial charge in [0.25, 0.3) is 0 Å². The van der Waals surface area contributed by atoms with Gasteiger partial charge in [0.1, 0.15) is 0 Å². The highest BCUT2D eigenvalue weighted by Gasteiger charge is 2.34. The van der Waals surface area contributed by atoms with Gasteiger partial charge < -0.3 is 15.1 Å². The van der Waals surface area contributed by atoms with Gasteiger partial charge in [0.15, 0.2) is 0 Å². The minimum atomic E-state index is -0.0287. The third-order valence-corrected chi connectivity index (χ3v) is 4.03. The van der Waals surface area contributed by atoms with E-state index in [4.69, 9.17) is 0 Å². The van der Waals surface area contributed by atoms with Crippen molar-refractivity contribution in [2.75, 3.05) is 54.5 Å². The maximum atomic E-state index is 12.6. The SMILES string of the molecule is CNC1CCC(C)(C)CN(CN(C)CCN(C)C)C1=O. The second kappa shape index (κ2) is 7.38. The number of hydrogen-bond donors (Lipinski definition) is 1. The Labute approximate surface area is 124 Å². The first-order chi connectivity index (χ1) is 9.25. The summed E-state index contributed by atoms with van der Waals surface area (Å²) in [4.78, 5) is 19.0. The van der Waals surface area contributed by atoms with Crippen molar-refractivity contribution in [1.82, 2.24) is 20.0 Å². The number of amides is 1. The molecule has 1 heterocycles. The van der Waals surface area contributed by atoms with E-state index in [9.17, 15) is 4.79 Å². The maximum Gasteiger partial charge on any atom is 0.240 e. The standard InChI is InChI=1S/C15H32N4O/c1-15(2)8-7-13(16-3)14(20)19(11-15)12-18(6)10-9-17(4)5/h13,16H,7-12H2,1-6H3. The van der Waals surface area contributed by atoms with Crippen LogP contribution < -0.4 is 5.32 Å². The molecule has 0 aromatic heterocycles. The Morgan fingerprint density at radius 1 is 1.30 bits per heavy atom. The Morgan fingerprint density at radius 2 is 1.95 bits per heavy atom. The second-order valence-corrected chi connectivity index (χ2v) is 7.10. The van der Waals surface area contributed by atoms with Crippen LogP contribution in [0.4, 0.5) is 0 Å². The van der Waals surface area contributed by atoms with E-state index in [1.807, 2.05) is 11.9 Å². The van der Waals surface area contributed by atoms with Gasteiger partial charge in [-0.15, -0.1) is 0 Å². The Hall–Kier alpha value is -0.650. The van der Waals surface area contributed by atoms with Crippen LogP contribution in [0.3, 0.4) is 0 Å². The molecule has 1 aliphatic rings. The molecule has 5 nitrogen and oxygen atoms in total. The molecule has 20 heavy (non-hydrogen) atoms. The molecule has 0 aromatic carbocycles. The minimum Gasteiger partial charge on any atom is -0.328 e. The number of rotatable bonds is 6. The van der Waals surface area contributed by atoms with Crippen LogP contribution in [0.5, 0.6) is 0 Å². The molecule has 0 saturated carbocycles. The lowest BCUT2D eigenvalue weighted by molar-refractivity contribution is -0.135. The van der Waals surface area contributed by atoms with Crippen molar-refractivity contribution in [3.8, 4) is 0 Å². The van der Waals surface area contributed by atoms with Gasteiger partial charge in [-0.3, -0.25) is 9.69 Å². The lowest BCUT2D eigenvalue weighted by Crippen LogP contribution is -2.49.